The van der Waals surface area contributed by atoms with E-state index in [0.29, 0.717) is 21.9 Å². The number of thiophene rings is 2. The van der Waals surface area contributed by atoms with E-state index in [1.54, 1.807) is 18.3 Å². The van der Waals surface area contributed by atoms with Crippen molar-refractivity contribution in [2.24, 2.45) is 5.92 Å². The lowest BCUT2D eigenvalue weighted by atomic mass is 9.89. The molecule has 1 N–H and O–H groups in total. The smallest absolute Gasteiger partial charge is 0.341 e. The molecule has 164 valence electrons. The van der Waals surface area contributed by atoms with Crippen molar-refractivity contribution in [2.75, 3.05) is 11.9 Å². The fraction of sp³-hybridized carbons (Fsp3) is 0.455. The molecule has 0 aromatic carbocycles. The highest BCUT2D eigenvalue weighted by molar-refractivity contribution is 7.18. The molecule has 3 heterocycles. The van der Waals surface area contributed by atoms with Crippen LogP contribution in [0.3, 0.4) is 0 Å². The Morgan fingerprint density at radius 1 is 1.32 bits per heavy atom. The van der Waals surface area contributed by atoms with Gasteiger partial charge in [-0.2, -0.15) is 0 Å². The summed E-state index contributed by atoms with van der Waals surface area (Å²) in [6, 6.07) is 0. The van der Waals surface area contributed by atoms with Crippen molar-refractivity contribution in [3.63, 3.8) is 0 Å². The van der Waals surface area contributed by atoms with Gasteiger partial charge >= 0.3 is 5.97 Å². The predicted molar refractivity (Wildman–Crippen MR) is 123 cm³/mol. The fourth-order valence-corrected chi connectivity index (χ4v) is 6.37. The number of hydrogen-bond acceptors (Lipinski definition) is 7. The topological polar surface area (TPSA) is 90.3 Å². The van der Waals surface area contributed by atoms with Gasteiger partial charge in [-0.3, -0.25) is 14.2 Å². The highest BCUT2D eigenvalue weighted by atomic mass is 32.1. The van der Waals surface area contributed by atoms with Gasteiger partial charge in [0.15, 0.2) is 0 Å². The van der Waals surface area contributed by atoms with Gasteiger partial charge in [-0.25, -0.2) is 9.78 Å². The quantitative estimate of drug-likeness (QED) is 0.581. The van der Waals surface area contributed by atoms with E-state index in [4.69, 9.17) is 4.74 Å². The molecule has 0 unspecified atom stereocenters. The number of hydrogen-bond donors (Lipinski definition) is 1. The molecular weight excluding hydrogens is 434 g/mol. The van der Waals surface area contributed by atoms with Crippen LogP contribution in [0.15, 0.2) is 11.1 Å². The lowest BCUT2D eigenvalue weighted by Gasteiger charge is -2.17. The molecule has 0 fully saturated rings. The number of aromatic nitrogens is 2. The average Bonchev–Trinajstić information content (AvgIpc) is 3.21. The van der Waals surface area contributed by atoms with E-state index in [-0.39, 0.29) is 24.6 Å². The fourth-order valence-electron chi connectivity index (χ4n) is 3.96. The largest absolute Gasteiger partial charge is 0.462 e. The van der Waals surface area contributed by atoms with Gasteiger partial charge in [0.2, 0.25) is 5.91 Å². The molecule has 0 bridgehead atoms. The summed E-state index contributed by atoms with van der Waals surface area (Å²) in [6.45, 7) is 7.77. The van der Waals surface area contributed by atoms with E-state index in [1.165, 1.54) is 27.1 Å². The Morgan fingerprint density at radius 3 is 2.84 bits per heavy atom. The third-order valence-corrected chi connectivity index (χ3v) is 8.00. The normalized spacial score (nSPS) is 15.7. The first-order chi connectivity index (χ1) is 14.8. The number of rotatable bonds is 5. The van der Waals surface area contributed by atoms with Gasteiger partial charge < -0.3 is 10.1 Å². The van der Waals surface area contributed by atoms with Gasteiger partial charge in [-0.05, 0) is 57.1 Å². The second kappa shape index (κ2) is 8.55. The van der Waals surface area contributed by atoms with Crippen LogP contribution in [0.5, 0.6) is 0 Å². The number of fused-ring (bicyclic) bond motifs is 3. The van der Waals surface area contributed by atoms with Crippen molar-refractivity contribution in [1.29, 1.82) is 0 Å². The van der Waals surface area contributed by atoms with E-state index >= 15 is 0 Å². The number of aryl methyl sites for hydroxylation is 2. The van der Waals surface area contributed by atoms with Crippen LogP contribution < -0.4 is 10.9 Å². The SMILES string of the molecule is CCOC(=O)c1c(NC(=O)Cn2cnc3sc4c(c3c2=O)CC[C@H](C)C4)sc(C)c1C. The van der Waals surface area contributed by atoms with Crippen LogP contribution in [-0.4, -0.2) is 28.0 Å². The van der Waals surface area contributed by atoms with Crippen LogP contribution in [0, 0.1) is 19.8 Å². The summed E-state index contributed by atoms with van der Waals surface area (Å²) < 4.78 is 6.48. The maximum atomic E-state index is 13.1. The van der Waals surface area contributed by atoms with Crippen molar-refractivity contribution >= 4 is 49.8 Å². The van der Waals surface area contributed by atoms with E-state index < -0.39 is 5.97 Å². The molecule has 1 aliphatic rings. The molecule has 4 rings (SSSR count). The van der Waals surface area contributed by atoms with E-state index in [0.717, 1.165) is 40.1 Å². The lowest BCUT2D eigenvalue weighted by molar-refractivity contribution is -0.116. The Bertz CT molecular complexity index is 1240. The van der Waals surface area contributed by atoms with Crippen molar-refractivity contribution in [3.05, 3.63) is 43.1 Å². The van der Waals surface area contributed by atoms with E-state index in [1.807, 2.05) is 13.8 Å². The molecule has 31 heavy (non-hydrogen) atoms. The number of esters is 1. The zero-order valence-corrected chi connectivity index (χ0v) is 19.7. The van der Waals surface area contributed by atoms with E-state index in [9.17, 15) is 14.4 Å². The molecule has 0 spiro atoms. The van der Waals surface area contributed by atoms with Crippen molar-refractivity contribution in [2.45, 2.75) is 53.5 Å². The van der Waals surface area contributed by atoms with Crippen LogP contribution in [0.4, 0.5) is 5.00 Å². The van der Waals surface area contributed by atoms with Gasteiger partial charge in [-0.1, -0.05) is 6.92 Å². The first-order valence-corrected chi connectivity index (χ1v) is 12.0. The molecule has 1 aliphatic carbocycles. The molecule has 0 radical (unpaired) electrons. The molecule has 1 amide bonds. The van der Waals surface area contributed by atoms with Gasteiger partial charge in [0.05, 0.1) is 23.9 Å². The number of nitrogens with zero attached hydrogens (tertiary/aromatic N) is 2. The first kappa shape index (κ1) is 21.7. The number of carbonyl (C=O) groups excluding carboxylic acids is 2. The predicted octanol–water partition coefficient (Wildman–Crippen LogP) is 4.08. The maximum absolute atomic E-state index is 13.1. The lowest BCUT2D eigenvalue weighted by Crippen LogP contribution is -2.28. The summed E-state index contributed by atoms with van der Waals surface area (Å²) in [5.74, 6) is -0.230. The maximum Gasteiger partial charge on any atom is 0.341 e. The zero-order valence-electron chi connectivity index (χ0n) is 18.0. The highest BCUT2D eigenvalue weighted by Crippen LogP contribution is 2.36. The molecule has 0 saturated carbocycles. The van der Waals surface area contributed by atoms with Crippen LogP contribution >= 0.6 is 22.7 Å². The summed E-state index contributed by atoms with van der Waals surface area (Å²) in [7, 11) is 0. The number of nitrogens with one attached hydrogen (secondary N) is 1. The van der Waals surface area contributed by atoms with Crippen molar-refractivity contribution in [3.8, 4) is 0 Å². The summed E-state index contributed by atoms with van der Waals surface area (Å²) in [4.78, 5) is 45.6. The van der Waals surface area contributed by atoms with Crippen LogP contribution in [0.25, 0.3) is 10.2 Å². The van der Waals surface area contributed by atoms with Crippen molar-refractivity contribution in [1.82, 2.24) is 9.55 Å². The highest BCUT2D eigenvalue weighted by Gasteiger charge is 2.25. The molecule has 7 nitrogen and oxygen atoms in total. The van der Waals surface area contributed by atoms with Crippen LogP contribution in [-0.2, 0) is 28.9 Å². The second-order valence-corrected chi connectivity index (χ2v) is 10.3. The number of amides is 1. The minimum atomic E-state index is -0.459. The molecular formula is C22H25N3O4S2. The van der Waals surface area contributed by atoms with Gasteiger partial charge in [0.25, 0.3) is 5.56 Å². The summed E-state index contributed by atoms with van der Waals surface area (Å²) in [6.07, 6.45) is 4.35. The molecule has 3 aromatic heterocycles. The zero-order chi connectivity index (χ0) is 22.3. The van der Waals surface area contributed by atoms with E-state index in [2.05, 4.69) is 17.2 Å². The standard InChI is InChI=1S/C22H25N3O4S2/c1-5-29-22(28)17-12(3)13(4)30-20(17)24-16(26)9-25-10-23-19-18(21(25)27)14-7-6-11(2)8-15(14)31-19/h10-11H,5-9H2,1-4H3,(H,24,26)/t11-/m0/s1. The molecule has 1 atom stereocenters. The monoisotopic (exact) mass is 459 g/mol. The molecule has 3 aromatic rings. The molecule has 0 aliphatic heterocycles. The summed E-state index contributed by atoms with van der Waals surface area (Å²) in [5.41, 5.74) is 2.08. The number of ether oxygens (including phenoxy) is 1. The Morgan fingerprint density at radius 2 is 2.10 bits per heavy atom. The average molecular weight is 460 g/mol. The minimum absolute atomic E-state index is 0.166. The number of anilines is 1. The second-order valence-electron chi connectivity index (χ2n) is 7.97. The molecule has 9 heteroatoms. The van der Waals surface area contributed by atoms with Gasteiger partial charge in [-0.15, -0.1) is 22.7 Å². The summed E-state index contributed by atoms with van der Waals surface area (Å²) >= 11 is 2.91. The third-order valence-electron chi connectivity index (χ3n) is 5.71. The molecule has 0 saturated heterocycles. The van der Waals surface area contributed by atoms with Crippen LogP contribution in [0.2, 0.25) is 0 Å². The van der Waals surface area contributed by atoms with Gasteiger partial charge in [0.1, 0.15) is 16.4 Å². The van der Waals surface area contributed by atoms with Crippen LogP contribution in [0.1, 0.15) is 51.5 Å². The Kier molecular flexibility index (Phi) is 5.98. The Hall–Kier alpha value is -2.52. The minimum Gasteiger partial charge on any atom is -0.462 e. The Labute approximate surface area is 188 Å². The van der Waals surface area contributed by atoms with Gasteiger partial charge in [0, 0.05) is 9.75 Å². The van der Waals surface area contributed by atoms with Crippen molar-refractivity contribution < 1.29 is 14.3 Å². The first-order valence-electron chi connectivity index (χ1n) is 10.4. The third kappa shape index (κ3) is 4.04. The summed E-state index contributed by atoms with van der Waals surface area (Å²) in [5, 5.41) is 3.89. The Balaban J connectivity index is 1.60. The number of carbonyl (C=O) groups is 2.